The van der Waals surface area contributed by atoms with Gasteiger partial charge in [-0.25, -0.2) is 18.4 Å². The summed E-state index contributed by atoms with van der Waals surface area (Å²) in [4.78, 5) is 27.1. The number of piperidine rings is 1. The molecule has 8 nitrogen and oxygen atoms in total. The van der Waals surface area contributed by atoms with Gasteiger partial charge in [-0.2, -0.15) is 0 Å². The Bertz CT molecular complexity index is 1190. The van der Waals surface area contributed by atoms with Crippen molar-refractivity contribution in [2.75, 3.05) is 19.7 Å². The number of carbonyl (C=O) groups excluding carboxylic acids is 1. The summed E-state index contributed by atoms with van der Waals surface area (Å²) < 4.78 is 24.7. The minimum Gasteiger partial charge on any atom is -0.396 e. The third kappa shape index (κ3) is 4.07. The maximum atomic E-state index is 13.0. The van der Waals surface area contributed by atoms with Gasteiger partial charge < -0.3 is 15.0 Å². The molecule has 3 aromatic rings. The van der Waals surface area contributed by atoms with E-state index in [-0.39, 0.29) is 23.3 Å². The largest absolute Gasteiger partial charge is 0.396 e. The van der Waals surface area contributed by atoms with Crippen molar-refractivity contribution in [3.8, 4) is 11.3 Å². The Morgan fingerprint density at radius 2 is 1.90 bits per heavy atom. The summed E-state index contributed by atoms with van der Waals surface area (Å²) >= 11 is 0. The molecular formula is C22H26N4O4S. The molecule has 2 N–H and O–H groups in total. The van der Waals surface area contributed by atoms with Crippen LogP contribution in [0.25, 0.3) is 22.4 Å². The zero-order valence-corrected chi connectivity index (χ0v) is 18.4. The lowest BCUT2D eigenvalue weighted by Crippen LogP contribution is -2.39. The van der Waals surface area contributed by atoms with Gasteiger partial charge in [-0.05, 0) is 44.7 Å². The number of aromatic nitrogens is 3. The van der Waals surface area contributed by atoms with E-state index in [1.54, 1.807) is 55.4 Å². The Balaban J connectivity index is 1.62. The zero-order chi connectivity index (χ0) is 22.2. The number of amides is 1. The van der Waals surface area contributed by atoms with Crippen LogP contribution in [0.15, 0.2) is 41.6 Å². The average molecular weight is 443 g/mol. The number of aromatic amines is 1. The van der Waals surface area contributed by atoms with E-state index >= 15 is 0 Å². The molecule has 1 aliphatic rings. The summed E-state index contributed by atoms with van der Waals surface area (Å²) in [6.45, 7) is 4.67. The molecule has 31 heavy (non-hydrogen) atoms. The number of aliphatic hydroxyl groups excluding tert-OH is 1. The number of carbonyl (C=O) groups is 1. The van der Waals surface area contributed by atoms with Crippen LogP contribution in [-0.4, -0.2) is 64.2 Å². The standard InChI is InChI=1S/C22H26N4O4S/c1-14(2)31(29,30)17-5-3-16(4-6-17)19-12-24-21-20(25-19)18(11-23-21)22(28)26-9-7-15(13-27)8-10-26/h3-6,11-12,14-15,27H,7-10,13H2,1-2H3,(H,23,24). The van der Waals surface area contributed by atoms with E-state index in [0.29, 0.717) is 35.5 Å². The molecule has 0 radical (unpaired) electrons. The molecule has 1 fully saturated rings. The van der Waals surface area contributed by atoms with Crippen LogP contribution in [0.5, 0.6) is 0 Å². The zero-order valence-electron chi connectivity index (χ0n) is 17.6. The fraction of sp³-hybridized carbons (Fsp3) is 0.409. The molecule has 0 atom stereocenters. The number of hydrogen-bond donors (Lipinski definition) is 2. The lowest BCUT2D eigenvalue weighted by atomic mass is 9.97. The first-order valence-corrected chi connectivity index (χ1v) is 11.9. The average Bonchev–Trinajstić information content (AvgIpc) is 3.22. The van der Waals surface area contributed by atoms with Crippen molar-refractivity contribution in [2.45, 2.75) is 36.8 Å². The molecule has 0 spiro atoms. The lowest BCUT2D eigenvalue weighted by molar-refractivity contribution is 0.0652. The number of hydrogen-bond acceptors (Lipinski definition) is 6. The summed E-state index contributed by atoms with van der Waals surface area (Å²) in [7, 11) is -3.34. The van der Waals surface area contributed by atoms with Crippen molar-refractivity contribution in [1.29, 1.82) is 0 Å². The van der Waals surface area contributed by atoms with E-state index in [4.69, 9.17) is 0 Å². The highest BCUT2D eigenvalue weighted by Gasteiger charge is 2.26. The molecular weight excluding hydrogens is 416 g/mol. The third-order valence-corrected chi connectivity index (χ3v) is 8.04. The normalized spacial score (nSPS) is 15.7. The summed E-state index contributed by atoms with van der Waals surface area (Å²) in [6.07, 6.45) is 4.80. The number of H-pyrrole nitrogens is 1. The minimum atomic E-state index is -3.34. The number of nitrogens with one attached hydrogen (secondary N) is 1. The van der Waals surface area contributed by atoms with Gasteiger partial charge >= 0.3 is 0 Å². The molecule has 0 saturated carbocycles. The number of rotatable bonds is 5. The molecule has 1 saturated heterocycles. The predicted octanol–water partition coefficient (Wildman–Crippen LogP) is 2.65. The topological polar surface area (TPSA) is 116 Å². The highest BCUT2D eigenvalue weighted by atomic mass is 32.2. The Morgan fingerprint density at radius 1 is 1.23 bits per heavy atom. The van der Waals surface area contributed by atoms with Crippen LogP contribution < -0.4 is 0 Å². The van der Waals surface area contributed by atoms with Crippen LogP contribution in [0.4, 0.5) is 0 Å². The van der Waals surface area contributed by atoms with Crippen LogP contribution >= 0.6 is 0 Å². The molecule has 164 valence electrons. The number of likely N-dealkylation sites (tertiary alicyclic amines) is 1. The second-order valence-electron chi connectivity index (χ2n) is 8.19. The Morgan fingerprint density at radius 3 is 2.52 bits per heavy atom. The predicted molar refractivity (Wildman–Crippen MR) is 117 cm³/mol. The summed E-state index contributed by atoms with van der Waals surface area (Å²) in [5, 5.41) is 8.81. The molecule has 1 aromatic carbocycles. The molecule has 0 aliphatic carbocycles. The maximum absolute atomic E-state index is 13.0. The Labute approximate surface area is 181 Å². The fourth-order valence-corrected chi connectivity index (χ4v) is 4.83. The summed E-state index contributed by atoms with van der Waals surface area (Å²) in [5.41, 5.74) is 2.77. The van der Waals surface area contributed by atoms with Gasteiger partial charge in [-0.15, -0.1) is 0 Å². The Kier molecular flexibility index (Phi) is 5.81. The molecule has 2 aromatic heterocycles. The van der Waals surface area contributed by atoms with Gasteiger partial charge in [-0.1, -0.05) is 12.1 Å². The second kappa shape index (κ2) is 8.39. The van der Waals surface area contributed by atoms with Crippen LogP contribution in [0.1, 0.15) is 37.0 Å². The smallest absolute Gasteiger partial charge is 0.257 e. The molecule has 0 unspecified atom stereocenters. The highest BCUT2D eigenvalue weighted by Crippen LogP contribution is 2.25. The molecule has 1 amide bonds. The number of nitrogens with zero attached hydrogens (tertiary/aromatic N) is 3. The first-order valence-electron chi connectivity index (χ1n) is 10.4. The summed E-state index contributed by atoms with van der Waals surface area (Å²) in [5.74, 6) is 0.147. The van der Waals surface area contributed by atoms with Gasteiger partial charge in [0.1, 0.15) is 5.52 Å². The van der Waals surface area contributed by atoms with Gasteiger partial charge in [0.15, 0.2) is 15.5 Å². The number of fused-ring (bicyclic) bond motifs is 1. The van der Waals surface area contributed by atoms with Crippen molar-refractivity contribution >= 4 is 26.9 Å². The van der Waals surface area contributed by atoms with Gasteiger partial charge in [0.2, 0.25) is 0 Å². The van der Waals surface area contributed by atoms with Crippen LogP contribution in [-0.2, 0) is 9.84 Å². The van der Waals surface area contributed by atoms with E-state index in [1.165, 1.54) is 0 Å². The first-order chi connectivity index (χ1) is 14.8. The van der Waals surface area contributed by atoms with E-state index in [0.717, 1.165) is 18.4 Å². The molecule has 9 heteroatoms. The lowest BCUT2D eigenvalue weighted by Gasteiger charge is -2.30. The number of aliphatic hydroxyl groups is 1. The third-order valence-electron chi connectivity index (χ3n) is 5.87. The maximum Gasteiger partial charge on any atom is 0.257 e. The quantitative estimate of drug-likeness (QED) is 0.627. The van der Waals surface area contributed by atoms with Crippen molar-refractivity contribution < 1.29 is 18.3 Å². The van der Waals surface area contributed by atoms with Gasteiger partial charge in [0.25, 0.3) is 5.91 Å². The number of benzene rings is 1. The molecule has 4 rings (SSSR count). The van der Waals surface area contributed by atoms with Crippen molar-refractivity contribution in [3.63, 3.8) is 0 Å². The van der Waals surface area contributed by atoms with Gasteiger partial charge in [-0.3, -0.25) is 4.79 Å². The van der Waals surface area contributed by atoms with Crippen molar-refractivity contribution in [3.05, 3.63) is 42.2 Å². The fourth-order valence-electron chi connectivity index (χ4n) is 3.77. The monoisotopic (exact) mass is 442 g/mol. The second-order valence-corrected chi connectivity index (χ2v) is 10.7. The van der Waals surface area contributed by atoms with Crippen molar-refractivity contribution in [1.82, 2.24) is 19.9 Å². The van der Waals surface area contributed by atoms with E-state index in [2.05, 4.69) is 15.0 Å². The minimum absolute atomic E-state index is 0.104. The SMILES string of the molecule is CC(C)S(=O)(=O)c1ccc(-c2cnc3[nH]cc(C(=O)N4CCC(CO)CC4)c3n2)cc1. The van der Waals surface area contributed by atoms with Crippen LogP contribution in [0, 0.1) is 5.92 Å². The van der Waals surface area contributed by atoms with E-state index < -0.39 is 15.1 Å². The first kappa shape index (κ1) is 21.5. The van der Waals surface area contributed by atoms with Crippen molar-refractivity contribution in [2.24, 2.45) is 5.92 Å². The molecule has 0 bridgehead atoms. The molecule has 3 heterocycles. The van der Waals surface area contributed by atoms with Crippen LogP contribution in [0.3, 0.4) is 0 Å². The molecule has 1 aliphatic heterocycles. The van der Waals surface area contributed by atoms with E-state index in [9.17, 15) is 18.3 Å². The Hall–Kier alpha value is -2.78. The summed E-state index contributed by atoms with van der Waals surface area (Å²) in [6, 6.07) is 6.56. The van der Waals surface area contributed by atoms with E-state index in [1.807, 2.05) is 0 Å². The highest BCUT2D eigenvalue weighted by molar-refractivity contribution is 7.92. The van der Waals surface area contributed by atoms with Crippen LogP contribution in [0.2, 0.25) is 0 Å². The van der Waals surface area contributed by atoms with Gasteiger partial charge in [0.05, 0.1) is 27.6 Å². The van der Waals surface area contributed by atoms with Gasteiger partial charge in [0, 0.05) is 31.5 Å². The number of sulfone groups is 1.